The molecular formula is C14H11F3N4O5. The number of rotatable bonds is 5. The molecule has 0 saturated heterocycles. The van der Waals surface area contributed by atoms with Gasteiger partial charge in [0, 0.05) is 19.3 Å². The summed E-state index contributed by atoms with van der Waals surface area (Å²) in [6, 6.07) is 1.64. The lowest BCUT2D eigenvalue weighted by Gasteiger charge is -2.10. The summed E-state index contributed by atoms with van der Waals surface area (Å²) in [6.45, 7) is -0.786. The summed E-state index contributed by atoms with van der Waals surface area (Å²) in [4.78, 5) is 33.3. The number of alkyl halides is 3. The zero-order chi connectivity index (χ0) is 19.5. The number of halogens is 3. The second-order valence-corrected chi connectivity index (χ2v) is 5.01. The number of aryl methyl sites for hydroxylation is 1. The Morgan fingerprint density at radius 3 is 2.62 bits per heavy atom. The molecule has 9 nitrogen and oxygen atoms in total. The van der Waals surface area contributed by atoms with Crippen LogP contribution in [0.3, 0.4) is 0 Å². The van der Waals surface area contributed by atoms with Crippen molar-refractivity contribution in [1.82, 2.24) is 9.78 Å². The fourth-order valence-corrected chi connectivity index (χ4v) is 1.89. The van der Waals surface area contributed by atoms with Crippen LogP contribution in [0.2, 0.25) is 0 Å². The summed E-state index contributed by atoms with van der Waals surface area (Å²) in [5, 5.41) is 16.7. The van der Waals surface area contributed by atoms with Crippen molar-refractivity contribution in [2.24, 2.45) is 7.05 Å². The molecule has 1 amide bonds. The van der Waals surface area contributed by atoms with Gasteiger partial charge in [-0.15, -0.1) is 0 Å². The van der Waals surface area contributed by atoms with E-state index in [0.29, 0.717) is 12.1 Å². The quantitative estimate of drug-likeness (QED) is 0.488. The van der Waals surface area contributed by atoms with Gasteiger partial charge in [-0.05, 0) is 12.1 Å². The van der Waals surface area contributed by atoms with Crippen molar-refractivity contribution < 1.29 is 32.4 Å². The van der Waals surface area contributed by atoms with Crippen LogP contribution >= 0.6 is 0 Å². The SMILES string of the molecule is Cn1cc(C(=O)OCC(=O)Nc2ccc(C(F)(F)F)cc2[N+](=O)[O-])cn1. The first-order chi connectivity index (χ1) is 12.1. The lowest BCUT2D eigenvalue weighted by molar-refractivity contribution is -0.384. The fourth-order valence-electron chi connectivity index (χ4n) is 1.89. The molecule has 0 aliphatic rings. The van der Waals surface area contributed by atoms with E-state index < -0.39 is 46.5 Å². The zero-order valence-corrected chi connectivity index (χ0v) is 13.1. The van der Waals surface area contributed by atoms with Crippen LogP contribution in [0.15, 0.2) is 30.6 Å². The number of ether oxygens (including phenoxy) is 1. The van der Waals surface area contributed by atoms with Crippen molar-refractivity contribution in [3.63, 3.8) is 0 Å². The first kappa shape index (κ1) is 18.9. The van der Waals surface area contributed by atoms with E-state index in [9.17, 15) is 32.9 Å². The Hall–Kier alpha value is -3.44. The summed E-state index contributed by atoms with van der Waals surface area (Å²) in [5.41, 5.74) is -2.54. The Morgan fingerprint density at radius 1 is 1.38 bits per heavy atom. The van der Waals surface area contributed by atoms with Crippen molar-refractivity contribution in [2.75, 3.05) is 11.9 Å². The number of aromatic nitrogens is 2. The number of nitrogens with one attached hydrogen (secondary N) is 1. The third kappa shape index (κ3) is 4.55. The van der Waals surface area contributed by atoms with Gasteiger partial charge in [0.25, 0.3) is 11.6 Å². The molecule has 0 bridgehead atoms. The van der Waals surface area contributed by atoms with Crippen LogP contribution in [0, 0.1) is 10.1 Å². The molecule has 1 aromatic carbocycles. The third-order valence-electron chi connectivity index (χ3n) is 3.07. The molecule has 2 aromatic rings. The molecule has 0 saturated carbocycles. The maximum Gasteiger partial charge on any atom is 0.416 e. The van der Waals surface area contributed by atoms with Gasteiger partial charge >= 0.3 is 12.1 Å². The number of carbonyl (C=O) groups excluding carboxylic acids is 2. The zero-order valence-electron chi connectivity index (χ0n) is 13.1. The van der Waals surface area contributed by atoms with Crippen molar-refractivity contribution in [3.05, 3.63) is 51.8 Å². The van der Waals surface area contributed by atoms with E-state index in [-0.39, 0.29) is 5.56 Å². The van der Waals surface area contributed by atoms with Crippen LogP contribution < -0.4 is 5.32 Å². The molecule has 0 fully saturated rings. The molecule has 0 atom stereocenters. The van der Waals surface area contributed by atoms with Crippen LogP contribution in [-0.4, -0.2) is 33.2 Å². The van der Waals surface area contributed by atoms with Gasteiger partial charge < -0.3 is 10.1 Å². The van der Waals surface area contributed by atoms with Crippen molar-refractivity contribution in [3.8, 4) is 0 Å². The Kier molecular flexibility index (Phi) is 5.24. The number of benzene rings is 1. The minimum absolute atomic E-state index is 0.0841. The highest BCUT2D eigenvalue weighted by atomic mass is 19.4. The van der Waals surface area contributed by atoms with Crippen LogP contribution in [-0.2, 0) is 22.8 Å². The van der Waals surface area contributed by atoms with Crippen molar-refractivity contribution in [1.29, 1.82) is 0 Å². The van der Waals surface area contributed by atoms with Gasteiger partial charge in [-0.1, -0.05) is 0 Å². The molecule has 1 aromatic heterocycles. The van der Waals surface area contributed by atoms with Gasteiger partial charge in [-0.25, -0.2) is 4.79 Å². The van der Waals surface area contributed by atoms with E-state index >= 15 is 0 Å². The van der Waals surface area contributed by atoms with Crippen LogP contribution in [0.5, 0.6) is 0 Å². The standard InChI is InChI=1S/C14H11F3N4O5/c1-20-6-8(5-18-20)13(23)26-7-12(22)19-10-3-2-9(14(15,16)17)4-11(10)21(24)25/h2-6H,7H2,1H3,(H,19,22). The maximum atomic E-state index is 12.6. The highest BCUT2D eigenvalue weighted by Gasteiger charge is 2.33. The Morgan fingerprint density at radius 2 is 2.08 bits per heavy atom. The highest BCUT2D eigenvalue weighted by Crippen LogP contribution is 2.34. The monoisotopic (exact) mass is 372 g/mol. The minimum atomic E-state index is -4.77. The van der Waals surface area contributed by atoms with Gasteiger partial charge in [0.15, 0.2) is 6.61 Å². The molecule has 2 rings (SSSR count). The van der Waals surface area contributed by atoms with Crippen molar-refractivity contribution >= 4 is 23.3 Å². The average molecular weight is 372 g/mol. The summed E-state index contributed by atoms with van der Waals surface area (Å²) >= 11 is 0. The van der Waals surface area contributed by atoms with Gasteiger partial charge in [0.05, 0.1) is 22.2 Å². The van der Waals surface area contributed by atoms with Crippen LogP contribution in [0.1, 0.15) is 15.9 Å². The molecule has 0 radical (unpaired) electrons. The van der Waals surface area contributed by atoms with E-state index in [1.54, 1.807) is 7.05 Å². The molecule has 1 N–H and O–H groups in total. The number of hydrogen-bond acceptors (Lipinski definition) is 6. The smallest absolute Gasteiger partial charge is 0.416 e. The second kappa shape index (κ2) is 7.21. The number of nitro benzene ring substituents is 1. The van der Waals surface area contributed by atoms with Gasteiger partial charge in [0.1, 0.15) is 5.69 Å². The molecule has 0 aliphatic carbocycles. The number of carbonyl (C=O) groups is 2. The number of hydrogen-bond donors (Lipinski definition) is 1. The van der Waals surface area contributed by atoms with Crippen molar-refractivity contribution in [2.45, 2.75) is 6.18 Å². The maximum absolute atomic E-state index is 12.6. The van der Waals surface area contributed by atoms with E-state index in [0.717, 1.165) is 6.07 Å². The average Bonchev–Trinajstić information content (AvgIpc) is 2.98. The van der Waals surface area contributed by atoms with Crippen LogP contribution in [0.4, 0.5) is 24.5 Å². The predicted molar refractivity (Wildman–Crippen MR) is 80.2 cm³/mol. The number of nitro groups is 1. The number of nitrogens with zero attached hydrogens (tertiary/aromatic N) is 3. The third-order valence-corrected chi connectivity index (χ3v) is 3.07. The topological polar surface area (TPSA) is 116 Å². The van der Waals surface area contributed by atoms with E-state index in [4.69, 9.17) is 4.74 Å². The summed E-state index contributed by atoms with van der Waals surface area (Å²) in [7, 11) is 1.56. The molecule has 138 valence electrons. The molecule has 26 heavy (non-hydrogen) atoms. The van der Waals surface area contributed by atoms with Gasteiger partial charge in [0.2, 0.25) is 0 Å². The molecule has 0 aliphatic heterocycles. The lowest BCUT2D eigenvalue weighted by atomic mass is 10.1. The first-order valence-corrected chi connectivity index (χ1v) is 6.89. The number of esters is 1. The van der Waals surface area contributed by atoms with Crippen LogP contribution in [0.25, 0.3) is 0 Å². The first-order valence-electron chi connectivity index (χ1n) is 6.89. The molecule has 12 heteroatoms. The van der Waals surface area contributed by atoms with E-state index in [2.05, 4.69) is 5.10 Å². The number of amides is 1. The second-order valence-electron chi connectivity index (χ2n) is 5.01. The Balaban J connectivity index is 2.06. The largest absolute Gasteiger partial charge is 0.452 e. The van der Waals surface area contributed by atoms with Gasteiger partial charge in [-0.2, -0.15) is 18.3 Å². The van der Waals surface area contributed by atoms with Gasteiger partial charge in [-0.3, -0.25) is 19.6 Å². The van der Waals surface area contributed by atoms with E-state index in [1.807, 2.05) is 5.32 Å². The predicted octanol–water partition coefficient (Wildman–Crippen LogP) is 2.14. The summed E-state index contributed by atoms with van der Waals surface area (Å²) < 4.78 is 43.9. The number of anilines is 1. The summed E-state index contributed by atoms with van der Waals surface area (Å²) in [5.74, 6) is -1.81. The van der Waals surface area contributed by atoms with E-state index in [1.165, 1.54) is 17.1 Å². The normalized spacial score (nSPS) is 11.1. The highest BCUT2D eigenvalue weighted by molar-refractivity contribution is 5.96. The summed E-state index contributed by atoms with van der Waals surface area (Å²) in [6.07, 6.45) is -2.21. The Bertz CT molecular complexity index is 863. The fraction of sp³-hybridized carbons (Fsp3) is 0.214. The molecular weight excluding hydrogens is 361 g/mol. The molecule has 1 heterocycles. The minimum Gasteiger partial charge on any atom is -0.452 e. The Labute approximate surface area is 143 Å². The lowest BCUT2D eigenvalue weighted by Crippen LogP contribution is -2.21. The molecule has 0 unspecified atom stereocenters. The molecule has 0 spiro atoms.